The van der Waals surface area contributed by atoms with Crippen molar-refractivity contribution in [1.82, 2.24) is 5.32 Å². The van der Waals surface area contributed by atoms with Crippen LogP contribution in [-0.4, -0.2) is 17.9 Å². The van der Waals surface area contributed by atoms with E-state index in [9.17, 15) is 0 Å². The maximum atomic E-state index is 5.77. The van der Waals surface area contributed by atoms with Gasteiger partial charge in [0.15, 0.2) is 0 Å². The summed E-state index contributed by atoms with van der Waals surface area (Å²) in [7, 11) is 1.97. The first kappa shape index (κ1) is 13.7. The summed E-state index contributed by atoms with van der Waals surface area (Å²) in [6, 6.07) is 8.68. The van der Waals surface area contributed by atoms with Gasteiger partial charge >= 0.3 is 0 Å². The Kier molecular flexibility index (Phi) is 4.93. The minimum Gasteiger partial charge on any atom is -0.464 e. The lowest BCUT2D eigenvalue weighted by Crippen LogP contribution is -2.28. The molecule has 0 saturated heterocycles. The SMILES string of the molecule is CNC(CCC(Cl)Cl)Cc1ccc2occc2c1. The second-order valence-electron chi connectivity index (χ2n) is 4.45. The highest BCUT2D eigenvalue weighted by Gasteiger charge is 2.10. The van der Waals surface area contributed by atoms with Crippen LogP contribution < -0.4 is 5.32 Å². The van der Waals surface area contributed by atoms with Crippen LogP contribution >= 0.6 is 23.2 Å². The standard InChI is InChI=1S/C14H17Cl2NO/c1-17-12(3-5-14(15)16)9-10-2-4-13-11(8-10)6-7-18-13/h2,4,6-8,12,14,17H,3,5,9H2,1H3. The van der Waals surface area contributed by atoms with Crippen molar-refractivity contribution in [1.29, 1.82) is 0 Å². The Labute approximate surface area is 117 Å². The Morgan fingerprint density at radius 3 is 2.78 bits per heavy atom. The van der Waals surface area contributed by atoms with Gasteiger partial charge in [-0.25, -0.2) is 0 Å². The van der Waals surface area contributed by atoms with E-state index >= 15 is 0 Å². The third kappa shape index (κ3) is 3.64. The third-order valence-corrected chi connectivity index (χ3v) is 3.58. The monoisotopic (exact) mass is 285 g/mol. The normalized spacial score (nSPS) is 13.3. The van der Waals surface area contributed by atoms with E-state index in [1.54, 1.807) is 6.26 Å². The summed E-state index contributed by atoms with van der Waals surface area (Å²) in [5.41, 5.74) is 2.23. The number of benzene rings is 1. The fourth-order valence-electron chi connectivity index (χ4n) is 2.10. The van der Waals surface area contributed by atoms with Crippen molar-refractivity contribution in [3.63, 3.8) is 0 Å². The molecule has 1 unspecified atom stereocenters. The molecule has 1 N–H and O–H groups in total. The number of furan rings is 1. The molecule has 4 heteroatoms. The van der Waals surface area contributed by atoms with Gasteiger partial charge in [0, 0.05) is 11.4 Å². The molecule has 0 radical (unpaired) electrons. The molecule has 0 fully saturated rings. The molecule has 1 heterocycles. The van der Waals surface area contributed by atoms with Crippen LogP contribution in [0.1, 0.15) is 18.4 Å². The van der Waals surface area contributed by atoms with Crippen LogP contribution in [0.3, 0.4) is 0 Å². The third-order valence-electron chi connectivity index (χ3n) is 3.14. The van der Waals surface area contributed by atoms with Crippen molar-refractivity contribution >= 4 is 34.2 Å². The molecule has 0 saturated carbocycles. The fraction of sp³-hybridized carbons (Fsp3) is 0.429. The highest BCUT2D eigenvalue weighted by Crippen LogP contribution is 2.19. The Bertz CT molecular complexity index is 495. The fourth-order valence-corrected chi connectivity index (χ4v) is 2.36. The topological polar surface area (TPSA) is 25.2 Å². The van der Waals surface area contributed by atoms with E-state index in [-0.39, 0.29) is 4.84 Å². The molecule has 0 aliphatic heterocycles. The largest absolute Gasteiger partial charge is 0.464 e. The van der Waals surface area contributed by atoms with Crippen LogP contribution in [0.5, 0.6) is 0 Å². The van der Waals surface area contributed by atoms with Crippen molar-refractivity contribution in [2.45, 2.75) is 30.1 Å². The zero-order chi connectivity index (χ0) is 13.0. The molecule has 18 heavy (non-hydrogen) atoms. The predicted molar refractivity (Wildman–Crippen MR) is 77.5 cm³/mol. The number of likely N-dealkylation sites (N-methyl/N-ethyl adjacent to an activating group) is 1. The van der Waals surface area contributed by atoms with Crippen molar-refractivity contribution in [2.24, 2.45) is 0 Å². The maximum Gasteiger partial charge on any atom is 0.133 e. The van der Waals surface area contributed by atoms with Crippen LogP contribution in [-0.2, 0) is 6.42 Å². The molecule has 1 aromatic heterocycles. The molecule has 0 amide bonds. The minimum atomic E-state index is -0.280. The Morgan fingerprint density at radius 1 is 1.22 bits per heavy atom. The lowest BCUT2D eigenvalue weighted by molar-refractivity contribution is 0.510. The summed E-state index contributed by atoms with van der Waals surface area (Å²) in [5.74, 6) is 0. The van der Waals surface area contributed by atoms with Crippen molar-refractivity contribution in [3.05, 3.63) is 36.1 Å². The highest BCUT2D eigenvalue weighted by molar-refractivity contribution is 6.44. The minimum absolute atomic E-state index is 0.280. The molecule has 0 spiro atoms. The van der Waals surface area contributed by atoms with Crippen LogP contribution in [0.2, 0.25) is 0 Å². The van der Waals surface area contributed by atoms with Crippen LogP contribution in [0.25, 0.3) is 11.0 Å². The number of hydrogen-bond donors (Lipinski definition) is 1. The number of fused-ring (bicyclic) bond motifs is 1. The molecular formula is C14H17Cl2NO. The summed E-state index contributed by atoms with van der Waals surface area (Å²) in [6.45, 7) is 0. The highest BCUT2D eigenvalue weighted by atomic mass is 35.5. The number of halogens is 2. The first-order chi connectivity index (χ1) is 8.69. The van der Waals surface area contributed by atoms with Gasteiger partial charge in [0.25, 0.3) is 0 Å². The van der Waals surface area contributed by atoms with Gasteiger partial charge in [-0.05, 0) is 50.1 Å². The first-order valence-corrected chi connectivity index (χ1v) is 6.98. The van der Waals surface area contributed by atoms with E-state index in [0.29, 0.717) is 6.04 Å². The van der Waals surface area contributed by atoms with E-state index < -0.39 is 0 Å². The van der Waals surface area contributed by atoms with Crippen molar-refractivity contribution < 1.29 is 4.42 Å². The van der Waals surface area contributed by atoms with E-state index in [1.807, 2.05) is 19.2 Å². The quantitative estimate of drug-likeness (QED) is 0.807. The van der Waals surface area contributed by atoms with Gasteiger partial charge in [0.1, 0.15) is 10.4 Å². The molecule has 0 aliphatic rings. The van der Waals surface area contributed by atoms with E-state index in [0.717, 1.165) is 30.2 Å². The summed E-state index contributed by atoms with van der Waals surface area (Å²) in [4.78, 5) is -0.280. The van der Waals surface area contributed by atoms with Gasteiger partial charge in [-0.3, -0.25) is 0 Å². The summed E-state index contributed by atoms with van der Waals surface area (Å²) >= 11 is 11.5. The van der Waals surface area contributed by atoms with Crippen LogP contribution in [0.15, 0.2) is 34.9 Å². The first-order valence-electron chi connectivity index (χ1n) is 6.10. The molecule has 0 aliphatic carbocycles. The van der Waals surface area contributed by atoms with Crippen LogP contribution in [0, 0.1) is 0 Å². The molecule has 98 valence electrons. The van der Waals surface area contributed by atoms with Gasteiger partial charge in [0.05, 0.1) is 6.26 Å². The second-order valence-corrected chi connectivity index (χ2v) is 5.73. The molecular weight excluding hydrogens is 269 g/mol. The maximum absolute atomic E-state index is 5.77. The number of alkyl halides is 2. The summed E-state index contributed by atoms with van der Waals surface area (Å²) < 4.78 is 5.33. The number of rotatable bonds is 6. The summed E-state index contributed by atoms with van der Waals surface area (Å²) in [6.07, 6.45) is 4.47. The smallest absolute Gasteiger partial charge is 0.133 e. The molecule has 2 aromatic rings. The molecule has 2 rings (SSSR count). The second kappa shape index (κ2) is 6.46. The van der Waals surface area contributed by atoms with Gasteiger partial charge in [-0.1, -0.05) is 6.07 Å². The Hall–Kier alpha value is -0.700. The molecule has 2 nitrogen and oxygen atoms in total. The predicted octanol–water partition coefficient (Wildman–Crippen LogP) is 4.15. The number of nitrogens with one attached hydrogen (secondary N) is 1. The van der Waals surface area contributed by atoms with Crippen molar-refractivity contribution in [2.75, 3.05) is 7.05 Å². The van der Waals surface area contributed by atoms with E-state index in [4.69, 9.17) is 27.6 Å². The molecule has 1 atom stereocenters. The Balaban J connectivity index is 2.01. The number of hydrogen-bond acceptors (Lipinski definition) is 2. The Morgan fingerprint density at radius 2 is 2.06 bits per heavy atom. The lowest BCUT2D eigenvalue weighted by Gasteiger charge is -2.16. The average Bonchev–Trinajstić information content (AvgIpc) is 2.81. The molecule has 0 bridgehead atoms. The van der Waals surface area contributed by atoms with Crippen molar-refractivity contribution in [3.8, 4) is 0 Å². The summed E-state index contributed by atoms with van der Waals surface area (Å²) in [5, 5.41) is 4.46. The lowest BCUT2D eigenvalue weighted by atomic mass is 10.0. The zero-order valence-corrected chi connectivity index (χ0v) is 11.8. The van der Waals surface area contributed by atoms with Crippen LogP contribution in [0.4, 0.5) is 0 Å². The molecule has 1 aromatic carbocycles. The van der Waals surface area contributed by atoms with Gasteiger partial charge in [0.2, 0.25) is 0 Å². The zero-order valence-electron chi connectivity index (χ0n) is 10.3. The van der Waals surface area contributed by atoms with E-state index in [2.05, 4.69) is 17.4 Å². The van der Waals surface area contributed by atoms with Gasteiger partial charge in [-0.2, -0.15) is 0 Å². The van der Waals surface area contributed by atoms with E-state index in [1.165, 1.54) is 5.56 Å². The average molecular weight is 286 g/mol. The van der Waals surface area contributed by atoms with Gasteiger partial charge in [-0.15, -0.1) is 23.2 Å². The van der Waals surface area contributed by atoms with Gasteiger partial charge < -0.3 is 9.73 Å².